The summed E-state index contributed by atoms with van der Waals surface area (Å²) >= 11 is 0. The standard InChI is InChI=1S/C15H24N4O4/c1-15(2,3)23-14(22)19-7-5-11-10(9-19)12(18-17-11)13(21)16-6-4-8-20/h20H,4-9H2,1-3H3,(H,16,21)(H,17,18). The number of aliphatic hydroxyl groups is 1. The third-order valence-corrected chi connectivity index (χ3v) is 3.42. The third-order valence-electron chi connectivity index (χ3n) is 3.42. The largest absolute Gasteiger partial charge is 0.444 e. The Bertz CT molecular complexity index is 577. The van der Waals surface area contributed by atoms with E-state index >= 15 is 0 Å². The van der Waals surface area contributed by atoms with Crippen molar-refractivity contribution < 1.29 is 19.4 Å². The SMILES string of the molecule is CC(C)(C)OC(=O)N1CCc2[nH]nc(C(=O)NCCCO)c2C1. The van der Waals surface area contributed by atoms with E-state index in [0.717, 1.165) is 11.3 Å². The fourth-order valence-electron chi connectivity index (χ4n) is 2.33. The van der Waals surface area contributed by atoms with E-state index in [2.05, 4.69) is 15.5 Å². The van der Waals surface area contributed by atoms with Crippen molar-refractivity contribution in [1.29, 1.82) is 0 Å². The molecule has 0 radical (unpaired) electrons. The lowest BCUT2D eigenvalue weighted by Gasteiger charge is -2.30. The predicted molar refractivity (Wildman–Crippen MR) is 83.0 cm³/mol. The molecular weight excluding hydrogens is 300 g/mol. The van der Waals surface area contributed by atoms with E-state index in [1.165, 1.54) is 0 Å². The minimum atomic E-state index is -0.557. The van der Waals surface area contributed by atoms with Crippen LogP contribution in [-0.2, 0) is 17.7 Å². The molecule has 128 valence electrons. The lowest BCUT2D eigenvalue weighted by Crippen LogP contribution is -2.40. The van der Waals surface area contributed by atoms with Crippen molar-refractivity contribution in [3.05, 3.63) is 17.0 Å². The number of carbonyl (C=O) groups is 2. The maximum atomic E-state index is 12.2. The number of rotatable bonds is 4. The zero-order valence-corrected chi connectivity index (χ0v) is 13.8. The smallest absolute Gasteiger partial charge is 0.410 e. The quantitative estimate of drug-likeness (QED) is 0.711. The van der Waals surface area contributed by atoms with Crippen molar-refractivity contribution in [3.8, 4) is 0 Å². The van der Waals surface area contributed by atoms with Crippen molar-refractivity contribution in [2.24, 2.45) is 0 Å². The van der Waals surface area contributed by atoms with Crippen LogP contribution in [0.25, 0.3) is 0 Å². The number of nitrogens with zero attached hydrogens (tertiary/aromatic N) is 2. The number of amides is 2. The number of ether oxygens (including phenoxy) is 1. The topological polar surface area (TPSA) is 108 Å². The zero-order valence-electron chi connectivity index (χ0n) is 13.8. The third kappa shape index (κ3) is 4.44. The van der Waals surface area contributed by atoms with E-state index in [9.17, 15) is 9.59 Å². The summed E-state index contributed by atoms with van der Waals surface area (Å²) in [4.78, 5) is 25.9. The molecule has 0 bridgehead atoms. The number of aliphatic hydroxyl groups excluding tert-OH is 1. The van der Waals surface area contributed by atoms with Gasteiger partial charge in [0.05, 0.1) is 6.54 Å². The van der Waals surface area contributed by atoms with Crippen LogP contribution in [0.5, 0.6) is 0 Å². The Morgan fingerprint density at radius 3 is 2.83 bits per heavy atom. The Hall–Kier alpha value is -2.09. The van der Waals surface area contributed by atoms with Crippen molar-refractivity contribution >= 4 is 12.0 Å². The van der Waals surface area contributed by atoms with Crippen LogP contribution in [0.3, 0.4) is 0 Å². The molecule has 0 spiro atoms. The average molecular weight is 324 g/mol. The molecule has 0 unspecified atom stereocenters. The van der Waals surface area contributed by atoms with Gasteiger partial charge in [0.15, 0.2) is 5.69 Å². The summed E-state index contributed by atoms with van der Waals surface area (Å²) in [5.41, 5.74) is 1.34. The van der Waals surface area contributed by atoms with Crippen molar-refractivity contribution in [3.63, 3.8) is 0 Å². The van der Waals surface area contributed by atoms with E-state index in [4.69, 9.17) is 9.84 Å². The summed E-state index contributed by atoms with van der Waals surface area (Å²) in [5.74, 6) is -0.304. The van der Waals surface area contributed by atoms with E-state index in [-0.39, 0.29) is 12.5 Å². The van der Waals surface area contributed by atoms with Crippen molar-refractivity contribution in [2.45, 2.75) is 45.8 Å². The molecule has 1 aromatic heterocycles. The summed E-state index contributed by atoms with van der Waals surface area (Å²) in [7, 11) is 0. The number of hydrogen-bond donors (Lipinski definition) is 3. The number of H-pyrrole nitrogens is 1. The first-order valence-electron chi connectivity index (χ1n) is 7.75. The van der Waals surface area contributed by atoms with Crippen LogP contribution in [0.1, 0.15) is 48.9 Å². The highest BCUT2D eigenvalue weighted by Crippen LogP contribution is 2.22. The van der Waals surface area contributed by atoms with E-state index < -0.39 is 11.7 Å². The molecule has 0 atom stereocenters. The number of nitrogens with one attached hydrogen (secondary N) is 2. The highest BCUT2D eigenvalue weighted by molar-refractivity contribution is 5.94. The van der Waals surface area contributed by atoms with E-state index in [1.54, 1.807) is 4.90 Å². The van der Waals surface area contributed by atoms with Crippen LogP contribution >= 0.6 is 0 Å². The van der Waals surface area contributed by atoms with Gasteiger partial charge in [-0.15, -0.1) is 0 Å². The zero-order chi connectivity index (χ0) is 17.0. The average Bonchev–Trinajstić information content (AvgIpc) is 2.88. The van der Waals surface area contributed by atoms with Gasteiger partial charge in [-0.05, 0) is 27.2 Å². The number of aromatic amines is 1. The van der Waals surface area contributed by atoms with Gasteiger partial charge in [0, 0.05) is 37.4 Å². The maximum absolute atomic E-state index is 12.2. The minimum Gasteiger partial charge on any atom is -0.444 e. The lowest BCUT2D eigenvalue weighted by molar-refractivity contribution is 0.0222. The second-order valence-electron chi connectivity index (χ2n) is 6.51. The van der Waals surface area contributed by atoms with Crippen LogP contribution < -0.4 is 5.32 Å². The molecule has 0 aromatic carbocycles. The highest BCUT2D eigenvalue weighted by atomic mass is 16.6. The van der Waals surface area contributed by atoms with Gasteiger partial charge in [-0.1, -0.05) is 0 Å². The second-order valence-corrected chi connectivity index (χ2v) is 6.51. The Labute approximate surface area is 135 Å². The molecule has 1 aliphatic heterocycles. The molecule has 0 aliphatic carbocycles. The van der Waals surface area contributed by atoms with Gasteiger partial charge < -0.3 is 20.1 Å². The summed E-state index contributed by atoms with van der Waals surface area (Å²) in [6.07, 6.45) is 0.699. The molecule has 8 heteroatoms. The number of aromatic nitrogens is 2. The monoisotopic (exact) mass is 324 g/mol. The fraction of sp³-hybridized carbons (Fsp3) is 0.667. The highest BCUT2D eigenvalue weighted by Gasteiger charge is 2.30. The fourth-order valence-corrected chi connectivity index (χ4v) is 2.33. The Morgan fingerprint density at radius 2 is 2.17 bits per heavy atom. The number of fused-ring (bicyclic) bond motifs is 1. The van der Waals surface area contributed by atoms with Crippen LogP contribution in [0.4, 0.5) is 4.79 Å². The minimum absolute atomic E-state index is 0.0192. The molecule has 0 saturated carbocycles. The van der Waals surface area contributed by atoms with Gasteiger partial charge in [-0.2, -0.15) is 5.10 Å². The molecule has 1 aliphatic rings. The Morgan fingerprint density at radius 1 is 1.43 bits per heavy atom. The van der Waals surface area contributed by atoms with Gasteiger partial charge in [-0.25, -0.2) is 4.79 Å². The molecule has 1 aromatic rings. The van der Waals surface area contributed by atoms with Gasteiger partial charge in [0.2, 0.25) is 0 Å². The summed E-state index contributed by atoms with van der Waals surface area (Å²) < 4.78 is 5.38. The molecule has 0 fully saturated rings. The van der Waals surface area contributed by atoms with E-state index in [1.807, 2.05) is 20.8 Å². The molecule has 0 saturated heterocycles. The summed E-state index contributed by atoms with van der Waals surface area (Å²) in [6, 6.07) is 0. The molecule has 2 rings (SSSR count). The predicted octanol–water partition coefficient (Wildman–Crippen LogP) is 0.815. The first-order valence-corrected chi connectivity index (χ1v) is 7.75. The van der Waals surface area contributed by atoms with Crippen LogP contribution in [0, 0.1) is 0 Å². The molecule has 2 amide bonds. The van der Waals surface area contributed by atoms with Crippen molar-refractivity contribution in [2.75, 3.05) is 19.7 Å². The van der Waals surface area contributed by atoms with E-state index in [0.29, 0.717) is 38.2 Å². The lowest BCUT2D eigenvalue weighted by atomic mass is 10.1. The van der Waals surface area contributed by atoms with Crippen LogP contribution in [-0.4, -0.2) is 57.5 Å². The second kappa shape index (κ2) is 6.99. The number of hydrogen-bond acceptors (Lipinski definition) is 5. The summed E-state index contributed by atoms with van der Waals surface area (Å²) in [6.45, 7) is 6.67. The normalized spacial score (nSPS) is 14.3. The number of carbonyl (C=O) groups excluding carboxylic acids is 2. The molecule has 8 nitrogen and oxygen atoms in total. The molecule has 23 heavy (non-hydrogen) atoms. The first kappa shape index (κ1) is 17.3. The molecular formula is C15H24N4O4. The van der Waals surface area contributed by atoms with Gasteiger partial charge in [-0.3, -0.25) is 9.89 Å². The maximum Gasteiger partial charge on any atom is 0.410 e. The van der Waals surface area contributed by atoms with Crippen LogP contribution in [0.15, 0.2) is 0 Å². The van der Waals surface area contributed by atoms with Crippen LogP contribution in [0.2, 0.25) is 0 Å². The summed E-state index contributed by atoms with van der Waals surface area (Å²) in [5, 5.41) is 18.4. The van der Waals surface area contributed by atoms with Crippen molar-refractivity contribution in [1.82, 2.24) is 20.4 Å². The first-order chi connectivity index (χ1) is 10.8. The molecule has 3 N–H and O–H groups in total. The Balaban J connectivity index is 2.06. The Kier molecular flexibility index (Phi) is 5.25. The van der Waals surface area contributed by atoms with Gasteiger partial charge in [0.1, 0.15) is 5.60 Å². The molecule has 2 heterocycles. The van der Waals surface area contributed by atoms with Gasteiger partial charge >= 0.3 is 6.09 Å². The van der Waals surface area contributed by atoms with Gasteiger partial charge in [0.25, 0.3) is 5.91 Å².